The lowest BCUT2D eigenvalue weighted by Crippen LogP contribution is -2.41. The van der Waals surface area contributed by atoms with Gasteiger partial charge in [0.2, 0.25) is 0 Å². The van der Waals surface area contributed by atoms with Gasteiger partial charge in [0.25, 0.3) is 0 Å². The highest BCUT2D eigenvalue weighted by Crippen LogP contribution is 2.15. The average molecular weight is 531 g/mol. The zero-order valence-corrected chi connectivity index (χ0v) is 26.9. The lowest BCUT2D eigenvalue weighted by atomic mass is 10.0. The minimum atomic E-state index is 0. The van der Waals surface area contributed by atoms with E-state index in [1.54, 1.807) is 0 Å². The van der Waals surface area contributed by atoms with Crippen molar-refractivity contribution in [2.45, 2.75) is 194 Å². The number of nitrogens with zero attached hydrogens (tertiary/aromatic N) is 1. The Balaban J connectivity index is 0. The third-order valence-electron chi connectivity index (χ3n) is 8.23. The predicted molar refractivity (Wildman–Crippen MR) is 170 cm³/mol. The Kier molecular flexibility index (Phi) is 33.6. The average Bonchev–Trinajstić information content (AvgIpc) is 2.84. The van der Waals surface area contributed by atoms with Gasteiger partial charge in [-0.1, -0.05) is 168 Å². The van der Waals surface area contributed by atoms with E-state index in [0.717, 1.165) is 0 Å². The molecule has 36 heavy (non-hydrogen) atoms. The first kappa shape index (κ1) is 38.4. The van der Waals surface area contributed by atoms with E-state index >= 15 is 0 Å². The number of rotatable bonds is 30. The molecule has 0 heterocycles. The standard InChI is InChI=1S/C34H72N.ClH/c1-5-7-9-11-13-15-17-19-21-23-25-27-29-31-33-35(3,4)34-32-30-28-26-24-22-20-18-16-14-12-10-8-6-2;/h5-34H2,1-4H3;1H/q+1;. The second-order valence-corrected chi connectivity index (χ2v) is 12.6. The second-order valence-electron chi connectivity index (χ2n) is 12.6. The van der Waals surface area contributed by atoms with E-state index in [1.807, 2.05) is 0 Å². The fraction of sp³-hybridized carbons (Fsp3) is 1.00. The van der Waals surface area contributed by atoms with Gasteiger partial charge in [-0.25, -0.2) is 0 Å². The molecule has 0 aliphatic heterocycles. The molecule has 0 saturated heterocycles. The molecule has 0 bridgehead atoms. The molecular weight excluding hydrogens is 458 g/mol. The van der Waals surface area contributed by atoms with Gasteiger partial charge in [-0.3, -0.25) is 0 Å². The molecule has 0 radical (unpaired) electrons. The molecule has 0 aromatic carbocycles. The molecule has 0 aromatic rings. The summed E-state index contributed by atoms with van der Waals surface area (Å²) in [4.78, 5) is 0. The maximum absolute atomic E-state index is 2.46. The molecule has 220 valence electrons. The molecule has 0 aliphatic carbocycles. The summed E-state index contributed by atoms with van der Waals surface area (Å²) in [7, 11) is 4.93. The first-order valence-electron chi connectivity index (χ1n) is 16.9. The van der Waals surface area contributed by atoms with Crippen LogP contribution in [-0.2, 0) is 0 Å². The Labute approximate surface area is 237 Å². The lowest BCUT2D eigenvalue weighted by Gasteiger charge is -2.30. The number of quaternary nitrogens is 1. The van der Waals surface area contributed by atoms with Crippen LogP contribution < -0.4 is 0 Å². The molecule has 0 aliphatic rings. The summed E-state index contributed by atoms with van der Waals surface area (Å²) < 4.78 is 1.25. The van der Waals surface area contributed by atoms with Crippen molar-refractivity contribution < 1.29 is 4.48 Å². The van der Waals surface area contributed by atoms with Gasteiger partial charge in [0.1, 0.15) is 0 Å². The molecule has 0 fully saturated rings. The van der Waals surface area contributed by atoms with Crippen LogP contribution in [0.5, 0.6) is 0 Å². The van der Waals surface area contributed by atoms with E-state index < -0.39 is 0 Å². The van der Waals surface area contributed by atoms with Gasteiger partial charge in [-0.05, 0) is 25.7 Å². The van der Waals surface area contributed by atoms with Crippen molar-refractivity contribution in [1.29, 1.82) is 0 Å². The minimum absolute atomic E-state index is 0. The molecular formula is C34H73ClN+. The van der Waals surface area contributed by atoms with E-state index in [-0.39, 0.29) is 12.4 Å². The van der Waals surface area contributed by atoms with Crippen molar-refractivity contribution in [3.63, 3.8) is 0 Å². The van der Waals surface area contributed by atoms with Crippen LogP contribution in [-0.4, -0.2) is 31.7 Å². The Hall–Kier alpha value is 0.250. The fourth-order valence-corrected chi connectivity index (χ4v) is 5.58. The first-order valence-corrected chi connectivity index (χ1v) is 16.9. The zero-order valence-electron chi connectivity index (χ0n) is 26.1. The van der Waals surface area contributed by atoms with Crippen LogP contribution in [0, 0.1) is 0 Å². The molecule has 0 atom stereocenters. The van der Waals surface area contributed by atoms with Crippen molar-refractivity contribution in [2.75, 3.05) is 27.2 Å². The Morgan fingerprint density at radius 1 is 0.278 bits per heavy atom. The van der Waals surface area contributed by atoms with Crippen molar-refractivity contribution in [3.05, 3.63) is 0 Å². The van der Waals surface area contributed by atoms with E-state index in [0.29, 0.717) is 0 Å². The van der Waals surface area contributed by atoms with Crippen molar-refractivity contribution >= 4 is 12.4 Å². The second kappa shape index (κ2) is 31.5. The lowest BCUT2D eigenvalue weighted by molar-refractivity contribution is -0.890. The van der Waals surface area contributed by atoms with Gasteiger partial charge < -0.3 is 4.48 Å². The largest absolute Gasteiger partial charge is 0.328 e. The van der Waals surface area contributed by atoms with Crippen LogP contribution in [0.3, 0.4) is 0 Å². The summed E-state index contributed by atoms with van der Waals surface area (Å²) in [6.45, 7) is 7.38. The first-order chi connectivity index (χ1) is 17.1. The van der Waals surface area contributed by atoms with Crippen LogP contribution in [0.2, 0.25) is 0 Å². The number of hydrogen-bond acceptors (Lipinski definition) is 0. The van der Waals surface area contributed by atoms with E-state index in [9.17, 15) is 0 Å². The van der Waals surface area contributed by atoms with E-state index in [4.69, 9.17) is 0 Å². The molecule has 0 N–H and O–H groups in total. The van der Waals surface area contributed by atoms with E-state index in [2.05, 4.69) is 27.9 Å². The summed E-state index contributed by atoms with van der Waals surface area (Å²) in [6.07, 6.45) is 40.9. The summed E-state index contributed by atoms with van der Waals surface area (Å²) in [5.41, 5.74) is 0. The Morgan fingerprint density at radius 3 is 0.639 bits per heavy atom. The third-order valence-corrected chi connectivity index (χ3v) is 8.23. The molecule has 0 saturated carbocycles. The normalized spacial score (nSPS) is 11.7. The van der Waals surface area contributed by atoms with Crippen LogP contribution in [0.1, 0.15) is 194 Å². The van der Waals surface area contributed by atoms with Crippen LogP contribution in [0.25, 0.3) is 0 Å². The smallest absolute Gasteiger partial charge is 0.0782 e. The van der Waals surface area contributed by atoms with Gasteiger partial charge in [0, 0.05) is 0 Å². The van der Waals surface area contributed by atoms with Gasteiger partial charge in [-0.2, -0.15) is 0 Å². The molecule has 0 unspecified atom stereocenters. The van der Waals surface area contributed by atoms with Crippen molar-refractivity contribution in [2.24, 2.45) is 0 Å². The summed E-state index contributed by atoms with van der Waals surface area (Å²) in [6, 6.07) is 0. The monoisotopic (exact) mass is 531 g/mol. The number of unbranched alkanes of at least 4 members (excludes halogenated alkanes) is 26. The topological polar surface area (TPSA) is 0 Å². The highest BCUT2D eigenvalue weighted by atomic mass is 35.5. The molecule has 0 amide bonds. The molecule has 2 heteroatoms. The van der Waals surface area contributed by atoms with Gasteiger partial charge in [-0.15, -0.1) is 12.4 Å². The molecule has 1 nitrogen and oxygen atoms in total. The SMILES string of the molecule is CCCCCCCCCCCCCCCC[N+](C)(C)CCCCCCCCCCCCCCCC.Cl. The number of halogens is 1. The van der Waals surface area contributed by atoms with Crippen LogP contribution >= 0.6 is 12.4 Å². The molecule has 0 spiro atoms. The zero-order chi connectivity index (χ0) is 25.7. The Morgan fingerprint density at radius 2 is 0.444 bits per heavy atom. The molecule has 0 aromatic heterocycles. The van der Waals surface area contributed by atoms with Crippen LogP contribution in [0.4, 0.5) is 0 Å². The Bertz CT molecular complexity index is 347. The fourth-order valence-electron chi connectivity index (χ4n) is 5.58. The van der Waals surface area contributed by atoms with Crippen molar-refractivity contribution in [1.82, 2.24) is 0 Å². The summed E-state index contributed by atoms with van der Waals surface area (Å²) in [5.74, 6) is 0. The van der Waals surface area contributed by atoms with Crippen molar-refractivity contribution in [3.8, 4) is 0 Å². The molecule has 0 rings (SSSR count). The number of hydrogen-bond donors (Lipinski definition) is 0. The maximum atomic E-state index is 2.46. The summed E-state index contributed by atoms with van der Waals surface area (Å²) in [5, 5.41) is 0. The minimum Gasteiger partial charge on any atom is -0.328 e. The van der Waals surface area contributed by atoms with Gasteiger partial charge in [0.05, 0.1) is 27.2 Å². The maximum Gasteiger partial charge on any atom is 0.0782 e. The highest BCUT2D eigenvalue weighted by Gasteiger charge is 2.13. The van der Waals surface area contributed by atoms with Crippen LogP contribution in [0.15, 0.2) is 0 Å². The third kappa shape index (κ3) is 32.3. The van der Waals surface area contributed by atoms with Gasteiger partial charge in [0.15, 0.2) is 0 Å². The van der Waals surface area contributed by atoms with Gasteiger partial charge >= 0.3 is 0 Å². The quantitative estimate of drug-likeness (QED) is 0.0639. The van der Waals surface area contributed by atoms with E-state index in [1.165, 1.54) is 197 Å². The summed E-state index contributed by atoms with van der Waals surface area (Å²) >= 11 is 0. The highest BCUT2D eigenvalue weighted by molar-refractivity contribution is 5.85. The predicted octanol–water partition coefficient (Wildman–Crippen LogP) is 12.4.